The number of aryl methyl sites for hydroxylation is 2. The fraction of sp³-hybridized carbons (Fsp3) is 0.318. The lowest BCUT2D eigenvalue weighted by atomic mass is 9.85. The Morgan fingerprint density at radius 2 is 1.79 bits per heavy atom. The van der Waals surface area contributed by atoms with Gasteiger partial charge in [0.1, 0.15) is 6.54 Å². The number of nitrogens with two attached hydrogens (primary N) is 1. The van der Waals surface area contributed by atoms with Gasteiger partial charge in [0, 0.05) is 11.1 Å². The highest BCUT2D eigenvalue weighted by molar-refractivity contribution is 6.12. The zero-order chi connectivity index (χ0) is 19.9. The molecule has 0 bridgehead atoms. The smallest absolute Gasteiger partial charge is 0.264 e. The van der Waals surface area contributed by atoms with Crippen molar-refractivity contribution in [1.29, 1.82) is 0 Å². The molecule has 1 unspecified atom stereocenters. The summed E-state index contributed by atoms with van der Waals surface area (Å²) in [5.74, 6) is -1.69. The second-order valence-electron chi connectivity index (χ2n) is 7.53. The van der Waals surface area contributed by atoms with E-state index >= 15 is 0 Å². The molecule has 0 aromatic heterocycles. The van der Waals surface area contributed by atoms with E-state index in [-0.39, 0.29) is 18.7 Å². The van der Waals surface area contributed by atoms with E-state index in [0.29, 0.717) is 16.8 Å². The molecule has 144 valence electrons. The van der Waals surface area contributed by atoms with Crippen LogP contribution in [0.4, 0.5) is 5.69 Å². The van der Waals surface area contributed by atoms with Gasteiger partial charge >= 0.3 is 0 Å². The normalized spacial score (nSPS) is 20.6. The zero-order valence-corrected chi connectivity index (χ0v) is 15.5. The van der Waals surface area contributed by atoms with Crippen molar-refractivity contribution in [2.24, 2.45) is 5.73 Å². The number of rotatable bonds is 5. The largest absolute Gasteiger partial charge is 0.375 e. The van der Waals surface area contributed by atoms with Gasteiger partial charge in [0.15, 0.2) is 11.4 Å². The molecule has 2 amide bonds. The summed E-state index contributed by atoms with van der Waals surface area (Å²) in [6.07, 6.45) is 3.83. The molecule has 0 saturated heterocycles. The first kappa shape index (κ1) is 18.4. The van der Waals surface area contributed by atoms with Crippen LogP contribution in [-0.4, -0.2) is 29.2 Å². The first-order valence-corrected chi connectivity index (χ1v) is 9.47. The van der Waals surface area contributed by atoms with Crippen LogP contribution in [0.3, 0.4) is 0 Å². The zero-order valence-electron chi connectivity index (χ0n) is 15.5. The van der Waals surface area contributed by atoms with Crippen molar-refractivity contribution in [2.75, 3.05) is 11.4 Å². The molecule has 1 aliphatic heterocycles. The minimum absolute atomic E-state index is 0.306. The Kier molecular flexibility index (Phi) is 4.51. The summed E-state index contributed by atoms with van der Waals surface area (Å²) in [6, 6.07) is 12.3. The first-order valence-electron chi connectivity index (χ1n) is 9.47. The summed E-state index contributed by atoms with van der Waals surface area (Å²) in [6.45, 7) is -0.342. The van der Waals surface area contributed by atoms with Crippen LogP contribution in [0.1, 0.15) is 46.3 Å². The first-order chi connectivity index (χ1) is 13.4. The molecular formula is C22H22N2O4. The van der Waals surface area contributed by atoms with Crippen molar-refractivity contribution in [1.82, 2.24) is 0 Å². The molecule has 28 heavy (non-hydrogen) atoms. The van der Waals surface area contributed by atoms with Crippen LogP contribution < -0.4 is 10.6 Å². The SMILES string of the molecule is NC(=O)CN1C(=O)C(O)(CC(=O)c2ccc3c(c2)CCCC3)c2ccccc21. The molecule has 0 fully saturated rings. The number of benzene rings is 2. The summed E-state index contributed by atoms with van der Waals surface area (Å²) in [5.41, 5.74) is 6.91. The Morgan fingerprint density at radius 1 is 1.07 bits per heavy atom. The van der Waals surface area contributed by atoms with Crippen molar-refractivity contribution in [3.63, 3.8) is 0 Å². The number of para-hydroxylation sites is 1. The number of Topliss-reactive ketones (excluding diaryl/α,β-unsaturated/α-hetero) is 1. The third-order valence-electron chi connectivity index (χ3n) is 5.64. The molecule has 0 spiro atoms. The number of carbonyl (C=O) groups excluding carboxylic acids is 3. The van der Waals surface area contributed by atoms with Crippen LogP contribution in [0.15, 0.2) is 42.5 Å². The highest BCUT2D eigenvalue weighted by Crippen LogP contribution is 2.42. The summed E-state index contributed by atoms with van der Waals surface area (Å²) >= 11 is 0. The minimum atomic E-state index is -2.00. The van der Waals surface area contributed by atoms with Crippen molar-refractivity contribution in [3.8, 4) is 0 Å². The Labute approximate surface area is 163 Å². The molecule has 1 heterocycles. The molecule has 2 aromatic rings. The molecular weight excluding hydrogens is 356 g/mol. The number of nitrogens with zero attached hydrogens (tertiary/aromatic N) is 1. The number of aliphatic hydroxyl groups is 1. The van der Waals surface area contributed by atoms with Crippen LogP contribution in [0, 0.1) is 0 Å². The lowest BCUT2D eigenvalue weighted by Gasteiger charge is -2.22. The van der Waals surface area contributed by atoms with Crippen molar-refractivity contribution >= 4 is 23.3 Å². The van der Waals surface area contributed by atoms with Gasteiger partial charge in [-0.05, 0) is 48.9 Å². The maximum Gasteiger partial charge on any atom is 0.264 e. The highest BCUT2D eigenvalue weighted by Gasteiger charge is 2.51. The number of anilines is 1. The second kappa shape index (κ2) is 6.87. The fourth-order valence-electron chi connectivity index (χ4n) is 4.23. The lowest BCUT2D eigenvalue weighted by Crippen LogP contribution is -2.44. The molecule has 1 aliphatic carbocycles. The Hall–Kier alpha value is -2.99. The average Bonchev–Trinajstić information content (AvgIpc) is 2.89. The van der Waals surface area contributed by atoms with E-state index < -0.39 is 17.4 Å². The van der Waals surface area contributed by atoms with Crippen molar-refractivity contribution < 1.29 is 19.5 Å². The number of fused-ring (bicyclic) bond motifs is 2. The van der Waals surface area contributed by atoms with Gasteiger partial charge in [0.2, 0.25) is 5.91 Å². The second-order valence-corrected chi connectivity index (χ2v) is 7.53. The van der Waals surface area contributed by atoms with Gasteiger partial charge in [-0.15, -0.1) is 0 Å². The van der Waals surface area contributed by atoms with E-state index in [4.69, 9.17) is 5.73 Å². The number of hydrogen-bond donors (Lipinski definition) is 2. The average molecular weight is 378 g/mol. The molecule has 6 heteroatoms. The molecule has 0 saturated carbocycles. The number of primary amides is 1. The number of hydrogen-bond acceptors (Lipinski definition) is 4. The maximum absolute atomic E-state index is 13.0. The predicted octanol–water partition coefficient (Wildman–Crippen LogP) is 1.86. The van der Waals surface area contributed by atoms with Crippen LogP contribution in [0.2, 0.25) is 0 Å². The standard InChI is InChI=1S/C22H22N2O4/c23-20(26)13-24-18-8-4-3-7-17(18)22(28,21(24)27)12-19(25)16-10-9-14-5-1-2-6-15(14)11-16/h3-4,7-11,28H,1-2,5-6,12-13H2,(H2,23,26). The van der Waals surface area contributed by atoms with Gasteiger partial charge in [0.05, 0.1) is 12.1 Å². The van der Waals surface area contributed by atoms with E-state index in [2.05, 4.69) is 0 Å². The monoisotopic (exact) mass is 378 g/mol. The molecule has 2 aromatic carbocycles. The van der Waals surface area contributed by atoms with E-state index in [1.807, 2.05) is 12.1 Å². The van der Waals surface area contributed by atoms with Crippen LogP contribution in [0.25, 0.3) is 0 Å². The van der Waals surface area contributed by atoms with Gasteiger partial charge < -0.3 is 10.8 Å². The van der Waals surface area contributed by atoms with Gasteiger partial charge in [-0.3, -0.25) is 19.3 Å². The number of carbonyl (C=O) groups is 3. The van der Waals surface area contributed by atoms with Crippen LogP contribution in [0.5, 0.6) is 0 Å². The summed E-state index contributed by atoms with van der Waals surface area (Å²) in [4.78, 5) is 38.4. The van der Waals surface area contributed by atoms with E-state index in [9.17, 15) is 19.5 Å². The van der Waals surface area contributed by atoms with Crippen molar-refractivity contribution in [2.45, 2.75) is 37.7 Å². The Balaban J connectivity index is 1.66. The Morgan fingerprint density at radius 3 is 2.54 bits per heavy atom. The summed E-state index contributed by atoms with van der Waals surface area (Å²) in [7, 11) is 0. The summed E-state index contributed by atoms with van der Waals surface area (Å²) in [5, 5.41) is 11.2. The molecule has 0 radical (unpaired) electrons. The van der Waals surface area contributed by atoms with Crippen molar-refractivity contribution in [3.05, 3.63) is 64.7 Å². The third-order valence-corrected chi connectivity index (χ3v) is 5.64. The maximum atomic E-state index is 13.0. The fourth-order valence-corrected chi connectivity index (χ4v) is 4.23. The number of ketones is 1. The van der Waals surface area contributed by atoms with E-state index in [0.717, 1.165) is 36.1 Å². The van der Waals surface area contributed by atoms with E-state index in [1.54, 1.807) is 30.3 Å². The molecule has 6 nitrogen and oxygen atoms in total. The lowest BCUT2D eigenvalue weighted by molar-refractivity contribution is -0.136. The third kappa shape index (κ3) is 2.99. The molecule has 3 N–H and O–H groups in total. The van der Waals surface area contributed by atoms with Gasteiger partial charge in [-0.2, -0.15) is 0 Å². The van der Waals surface area contributed by atoms with Gasteiger partial charge in [0.25, 0.3) is 5.91 Å². The Bertz CT molecular complexity index is 984. The minimum Gasteiger partial charge on any atom is -0.375 e. The van der Waals surface area contributed by atoms with Gasteiger partial charge in [-0.1, -0.05) is 30.3 Å². The molecule has 2 aliphatic rings. The topological polar surface area (TPSA) is 101 Å². The summed E-state index contributed by atoms with van der Waals surface area (Å²) < 4.78 is 0. The number of amides is 2. The van der Waals surface area contributed by atoms with Gasteiger partial charge in [-0.25, -0.2) is 0 Å². The highest BCUT2D eigenvalue weighted by atomic mass is 16.3. The molecule has 1 atom stereocenters. The van der Waals surface area contributed by atoms with E-state index in [1.165, 1.54) is 5.56 Å². The quantitative estimate of drug-likeness (QED) is 0.776. The molecule has 4 rings (SSSR count). The van der Waals surface area contributed by atoms with Crippen LogP contribution in [-0.2, 0) is 28.0 Å². The van der Waals surface area contributed by atoms with Crippen LogP contribution >= 0.6 is 0 Å². The predicted molar refractivity (Wildman–Crippen MR) is 104 cm³/mol.